The zero-order chi connectivity index (χ0) is 12.1. The molecular weight excluding hydrogens is 218 g/mol. The van der Waals surface area contributed by atoms with Gasteiger partial charge in [0.1, 0.15) is 5.75 Å². The molecule has 0 amide bonds. The Hall–Kier alpha value is -1.26. The Balaban J connectivity index is 1.86. The number of hydrogen-bond acceptors (Lipinski definition) is 4. The molecule has 2 N–H and O–H groups in total. The first-order chi connectivity index (χ1) is 8.29. The van der Waals surface area contributed by atoms with Crippen LogP contribution in [0, 0.1) is 0 Å². The van der Waals surface area contributed by atoms with E-state index in [2.05, 4.69) is 0 Å². The van der Waals surface area contributed by atoms with Crippen LogP contribution in [0.3, 0.4) is 0 Å². The van der Waals surface area contributed by atoms with E-state index in [9.17, 15) is 0 Å². The van der Waals surface area contributed by atoms with Gasteiger partial charge in [0.05, 0.1) is 26.4 Å². The molecule has 0 saturated carbocycles. The molecule has 1 fully saturated rings. The first-order valence-electron chi connectivity index (χ1n) is 5.91. The van der Waals surface area contributed by atoms with Gasteiger partial charge in [-0.15, -0.1) is 0 Å². The van der Waals surface area contributed by atoms with Gasteiger partial charge in [0.2, 0.25) is 0 Å². The average Bonchev–Trinajstić information content (AvgIpc) is 2.82. The van der Waals surface area contributed by atoms with Gasteiger partial charge in [0, 0.05) is 17.9 Å². The van der Waals surface area contributed by atoms with Gasteiger partial charge in [-0.25, -0.2) is 0 Å². The van der Waals surface area contributed by atoms with Crippen molar-refractivity contribution in [2.75, 3.05) is 26.1 Å². The number of rotatable bonds is 5. The van der Waals surface area contributed by atoms with E-state index in [1.807, 2.05) is 18.2 Å². The second-order valence-electron chi connectivity index (χ2n) is 4.22. The lowest BCUT2D eigenvalue weighted by Gasteiger charge is -2.12. The molecule has 4 nitrogen and oxygen atoms in total. The minimum absolute atomic E-state index is 0.252. The highest BCUT2D eigenvalue weighted by molar-refractivity contribution is 5.47. The van der Waals surface area contributed by atoms with Crippen LogP contribution in [0.5, 0.6) is 5.75 Å². The minimum atomic E-state index is 0.252. The fourth-order valence-electron chi connectivity index (χ4n) is 1.99. The van der Waals surface area contributed by atoms with Crippen LogP contribution < -0.4 is 10.5 Å². The summed E-state index contributed by atoms with van der Waals surface area (Å²) in [6.07, 6.45) is 2.48. The highest BCUT2D eigenvalue weighted by atomic mass is 16.5. The number of hydrogen-bond donors (Lipinski definition) is 1. The summed E-state index contributed by atoms with van der Waals surface area (Å²) in [5.41, 5.74) is 7.44. The van der Waals surface area contributed by atoms with Crippen LogP contribution in [0.2, 0.25) is 0 Å². The van der Waals surface area contributed by atoms with Crippen molar-refractivity contribution in [1.29, 1.82) is 0 Å². The molecule has 0 radical (unpaired) electrons. The molecule has 0 spiro atoms. The first-order valence-corrected chi connectivity index (χ1v) is 5.91. The van der Waals surface area contributed by atoms with Gasteiger partial charge in [-0.2, -0.15) is 0 Å². The second kappa shape index (κ2) is 5.89. The summed E-state index contributed by atoms with van der Waals surface area (Å²) < 4.78 is 16.4. The van der Waals surface area contributed by atoms with E-state index >= 15 is 0 Å². The van der Waals surface area contributed by atoms with E-state index in [0.29, 0.717) is 13.2 Å². The maximum absolute atomic E-state index is 5.74. The molecule has 1 atom stereocenters. The maximum Gasteiger partial charge on any atom is 0.124 e. The minimum Gasteiger partial charge on any atom is -0.496 e. The van der Waals surface area contributed by atoms with Crippen molar-refractivity contribution in [3.05, 3.63) is 23.8 Å². The van der Waals surface area contributed by atoms with Crippen molar-refractivity contribution in [3.8, 4) is 5.75 Å². The Morgan fingerprint density at radius 1 is 1.47 bits per heavy atom. The quantitative estimate of drug-likeness (QED) is 0.795. The number of benzene rings is 1. The Bertz CT molecular complexity index is 362. The molecule has 1 unspecified atom stereocenters. The lowest BCUT2D eigenvalue weighted by Crippen LogP contribution is -2.14. The van der Waals surface area contributed by atoms with Crippen molar-refractivity contribution in [2.24, 2.45) is 0 Å². The molecule has 1 heterocycles. The number of nitrogen functional groups attached to an aromatic ring is 1. The molecule has 2 rings (SSSR count). The molecule has 0 bridgehead atoms. The zero-order valence-corrected chi connectivity index (χ0v) is 10.1. The molecule has 1 aromatic carbocycles. The van der Waals surface area contributed by atoms with Crippen LogP contribution in [-0.2, 0) is 16.1 Å². The molecular formula is C13H19NO3. The summed E-state index contributed by atoms with van der Waals surface area (Å²) in [4.78, 5) is 0. The van der Waals surface area contributed by atoms with E-state index in [1.54, 1.807) is 7.11 Å². The fourth-order valence-corrected chi connectivity index (χ4v) is 1.99. The predicted octanol–water partition coefficient (Wildman–Crippen LogP) is 1.97. The zero-order valence-electron chi connectivity index (χ0n) is 10.1. The topological polar surface area (TPSA) is 53.7 Å². The Kier molecular flexibility index (Phi) is 4.23. The molecule has 4 heteroatoms. The van der Waals surface area contributed by atoms with E-state index in [0.717, 1.165) is 36.4 Å². The van der Waals surface area contributed by atoms with Crippen molar-refractivity contribution >= 4 is 5.69 Å². The lowest BCUT2D eigenvalue weighted by atomic mass is 10.2. The van der Waals surface area contributed by atoms with Gasteiger partial charge in [-0.05, 0) is 31.0 Å². The van der Waals surface area contributed by atoms with Crippen molar-refractivity contribution in [1.82, 2.24) is 0 Å². The van der Waals surface area contributed by atoms with E-state index in [1.165, 1.54) is 0 Å². The van der Waals surface area contributed by atoms with Gasteiger partial charge < -0.3 is 19.9 Å². The van der Waals surface area contributed by atoms with Crippen LogP contribution in [0.25, 0.3) is 0 Å². The first kappa shape index (κ1) is 12.2. The molecule has 1 saturated heterocycles. The maximum atomic E-state index is 5.74. The predicted molar refractivity (Wildman–Crippen MR) is 66.0 cm³/mol. The number of nitrogens with two attached hydrogens (primary N) is 1. The number of ether oxygens (including phenoxy) is 3. The van der Waals surface area contributed by atoms with Crippen LogP contribution in [0.4, 0.5) is 5.69 Å². The molecule has 1 aromatic rings. The summed E-state index contributed by atoms with van der Waals surface area (Å²) in [6.45, 7) is 2.00. The summed E-state index contributed by atoms with van der Waals surface area (Å²) >= 11 is 0. The van der Waals surface area contributed by atoms with E-state index in [-0.39, 0.29) is 6.10 Å². The summed E-state index contributed by atoms with van der Waals surface area (Å²) in [7, 11) is 1.65. The summed E-state index contributed by atoms with van der Waals surface area (Å²) in [5.74, 6) is 0.812. The Morgan fingerprint density at radius 3 is 3.06 bits per heavy atom. The summed E-state index contributed by atoms with van der Waals surface area (Å²) in [5, 5.41) is 0. The molecule has 17 heavy (non-hydrogen) atoms. The van der Waals surface area contributed by atoms with Crippen molar-refractivity contribution in [2.45, 2.75) is 25.6 Å². The lowest BCUT2D eigenvalue weighted by molar-refractivity contribution is 0.0101. The Labute approximate surface area is 102 Å². The van der Waals surface area contributed by atoms with Crippen LogP contribution in [0.1, 0.15) is 18.4 Å². The molecule has 0 aromatic heterocycles. The van der Waals surface area contributed by atoms with Gasteiger partial charge in [0.15, 0.2) is 0 Å². The standard InChI is InChI=1S/C13H19NO3/c1-15-13-5-4-11(14)7-10(13)8-16-9-12-3-2-6-17-12/h4-5,7,12H,2-3,6,8-9,14H2,1H3. The molecule has 94 valence electrons. The number of methoxy groups -OCH3 is 1. The Morgan fingerprint density at radius 2 is 2.35 bits per heavy atom. The monoisotopic (exact) mass is 237 g/mol. The molecule has 1 aliphatic heterocycles. The van der Waals surface area contributed by atoms with Gasteiger partial charge in [0.25, 0.3) is 0 Å². The normalized spacial score (nSPS) is 19.5. The molecule has 0 aliphatic carbocycles. The SMILES string of the molecule is COc1ccc(N)cc1COCC1CCCO1. The van der Waals surface area contributed by atoms with E-state index < -0.39 is 0 Å². The third kappa shape index (κ3) is 3.35. The van der Waals surface area contributed by atoms with Crippen molar-refractivity contribution < 1.29 is 14.2 Å². The smallest absolute Gasteiger partial charge is 0.124 e. The average molecular weight is 237 g/mol. The van der Waals surface area contributed by atoms with Crippen LogP contribution in [-0.4, -0.2) is 26.4 Å². The molecule has 1 aliphatic rings. The largest absolute Gasteiger partial charge is 0.496 e. The van der Waals surface area contributed by atoms with E-state index in [4.69, 9.17) is 19.9 Å². The van der Waals surface area contributed by atoms with Gasteiger partial charge in [-0.3, -0.25) is 0 Å². The fraction of sp³-hybridized carbons (Fsp3) is 0.538. The highest BCUT2D eigenvalue weighted by Crippen LogP contribution is 2.22. The van der Waals surface area contributed by atoms with Crippen LogP contribution >= 0.6 is 0 Å². The summed E-state index contributed by atoms with van der Waals surface area (Å²) in [6, 6.07) is 5.57. The number of anilines is 1. The third-order valence-electron chi connectivity index (χ3n) is 2.89. The van der Waals surface area contributed by atoms with Gasteiger partial charge >= 0.3 is 0 Å². The highest BCUT2D eigenvalue weighted by Gasteiger charge is 2.15. The third-order valence-corrected chi connectivity index (χ3v) is 2.89. The van der Waals surface area contributed by atoms with Crippen LogP contribution in [0.15, 0.2) is 18.2 Å². The second-order valence-corrected chi connectivity index (χ2v) is 4.22. The van der Waals surface area contributed by atoms with Crippen molar-refractivity contribution in [3.63, 3.8) is 0 Å². The van der Waals surface area contributed by atoms with Gasteiger partial charge in [-0.1, -0.05) is 0 Å².